The van der Waals surface area contributed by atoms with Gasteiger partial charge in [0.05, 0.1) is 4.90 Å². The zero-order valence-corrected chi connectivity index (χ0v) is 17.7. The van der Waals surface area contributed by atoms with E-state index in [1.165, 1.54) is 16.4 Å². The van der Waals surface area contributed by atoms with E-state index in [2.05, 4.69) is 19.2 Å². The molecule has 29 heavy (non-hydrogen) atoms. The number of amides is 1. The molecule has 1 saturated heterocycles. The van der Waals surface area contributed by atoms with Gasteiger partial charge in [-0.25, -0.2) is 8.42 Å². The molecule has 0 aromatic heterocycles. The van der Waals surface area contributed by atoms with Crippen molar-refractivity contribution in [2.75, 3.05) is 25.0 Å². The fourth-order valence-electron chi connectivity index (χ4n) is 3.37. The van der Waals surface area contributed by atoms with Crippen LogP contribution in [0.25, 0.3) is 0 Å². The van der Waals surface area contributed by atoms with Crippen LogP contribution in [0.4, 0.5) is 5.69 Å². The molecule has 1 amide bonds. The van der Waals surface area contributed by atoms with E-state index in [0.717, 1.165) is 24.8 Å². The van der Waals surface area contributed by atoms with Crippen molar-refractivity contribution in [1.82, 2.24) is 4.31 Å². The minimum atomic E-state index is -3.45. The van der Waals surface area contributed by atoms with Crippen LogP contribution in [0.3, 0.4) is 0 Å². The number of nitrogens with zero attached hydrogens (tertiary/aromatic N) is 1. The molecule has 1 heterocycles. The van der Waals surface area contributed by atoms with Crippen LogP contribution in [0, 0.1) is 0 Å². The van der Waals surface area contributed by atoms with Crippen LogP contribution in [0.15, 0.2) is 53.4 Å². The Labute approximate surface area is 172 Å². The van der Waals surface area contributed by atoms with Gasteiger partial charge in [0, 0.05) is 18.8 Å². The summed E-state index contributed by atoms with van der Waals surface area (Å²) in [5.74, 6) is 0.766. The summed E-state index contributed by atoms with van der Waals surface area (Å²) in [6, 6.07) is 14.0. The first-order valence-corrected chi connectivity index (χ1v) is 11.5. The highest BCUT2D eigenvalue weighted by atomic mass is 32.2. The maximum Gasteiger partial charge on any atom is 0.262 e. The van der Waals surface area contributed by atoms with Crippen molar-refractivity contribution in [2.24, 2.45) is 0 Å². The summed E-state index contributed by atoms with van der Waals surface area (Å²) in [6.07, 6.45) is 2.78. The number of nitrogens with one attached hydrogen (secondary N) is 1. The average molecular weight is 417 g/mol. The first kappa shape index (κ1) is 21.3. The van der Waals surface area contributed by atoms with Crippen molar-refractivity contribution in [3.63, 3.8) is 0 Å². The Bertz CT molecular complexity index is 936. The molecule has 1 atom stereocenters. The lowest BCUT2D eigenvalue weighted by Crippen LogP contribution is -2.27. The molecule has 0 spiro atoms. The fourth-order valence-corrected chi connectivity index (χ4v) is 4.88. The van der Waals surface area contributed by atoms with E-state index >= 15 is 0 Å². The fraction of sp³-hybridized carbons (Fsp3) is 0.409. The minimum absolute atomic E-state index is 0.110. The third-order valence-corrected chi connectivity index (χ3v) is 7.17. The van der Waals surface area contributed by atoms with Gasteiger partial charge in [-0.05, 0) is 61.1 Å². The summed E-state index contributed by atoms with van der Waals surface area (Å²) in [5, 5.41) is 2.75. The van der Waals surface area contributed by atoms with Gasteiger partial charge in [0.1, 0.15) is 5.75 Å². The number of hydrogen-bond donors (Lipinski definition) is 1. The number of sulfonamides is 1. The number of carbonyl (C=O) groups excluding carboxylic acids is 1. The molecule has 1 N–H and O–H groups in total. The standard InChI is InChI=1S/C22H28N2O4S/c1-3-17(2)20-8-4-5-9-21(20)28-16-22(25)23-18-10-12-19(13-11-18)29(26,27)24-14-6-7-15-24/h4-5,8-13,17H,3,6-7,14-16H2,1-2H3,(H,23,25). The van der Waals surface area contributed by atoms with Crippen molar-refractivity contribution in [3.05, 3.63) is 54.1 Å². The molecule has 1 aliphatic heterocycles. The Hall–Kier alpha value is -2.38. The minimum Gasteiger partial charge on any atom is -0.483 e. The SMILES string of the molecule is CCC(C)c1ccccc1OCC(=O)Nc1ccc(S(=O)(=O)N2CCCC2)cc1. The normalized spacial score (nSPS) is 15.8. The van der Waals surface area contributed by atoms with Gasteiger partial charge in [-0.1, -0.05) is 32.0 Å². The second-order valence-corrected chi connectivity index (χ2v) is 9.26. The van der Waals surface area contributed by atoms with Gasteiger partial charge in [-0.15, -0.1) is 0 Å². The number of ether oxygens (including phenoxy) is 1. The Morgan fingerprint density at radius 3 is 2.41 bits per heavy atom. The number of para-hydroxylation sites is 1. The van der Waals surface area contributed by atoms with Gasteiger partial charge in [-0.3, -0.25) is 4.79 Å². The Kier molecular flexibility index (Phi) is 6.92. The molecule has 1 fully saturated rings. The smallest absolute Gasteiger partial charge is 0.262 e. The molecule has 156 valence electrons. The van der Waals surface area contributed by atoms with E-state index in [1.54, 1.807) is 12.1 Å². The summed E-state index contributed by atoms with van der Waals surface area (Å²) in [5.41, 5.74) is 1.62. The maximum absolute atomic E-state index is 12.6. The van der Waals surface area contributed by atoms with Crippen LogP contribution in [-0.2, 0) is 14.8 Å². The second kappa shape index (κ2) is 9.41. The number of anilines is 1. The van der Waals surface area contributed by atoms with Gasteiger partial charge in [-0.2, -0.15) is 4.31 Å². The van der Waals surface area contributed by atoms with E-state index in [-0.39, 0.29) is 17.4 Å². The van der Waals surface area contributed by atoms with Gasteiger partial charge >= 0.3 is 0 Å². The molecule has 0 radical (unpaired) electrons. The molecular weight excluding hydrogens is 388 g/mol. The van der Waals surface area contributed by atoms with Crippen molar-refractivity contribution in [2.45, 2.75) is 43.9 Å². The van der Waals surface area contributed by atoms with Crippen LogP contribution in [0.1, 0.15) is 44.6 Å². The lowest BCUT2D eigenvalue weighted by atomic mass is 9.98. The van der Waals surface area contributed by atoms with Crippen molar-refractivity contribution in [1.29, 1.82) is 0 Å². The highest BCUT2D eigenvalue weighted by molar-refractivity contribution is 7.89. The van der Waals surface area contributed by atoms with E-state index in [4.69, 9.17) is 4.74 Å². The zero-order valence-electron chi connectivity index (χ0n) is 16.9. The summed E-state index contributed by atoms with van der Waals surface area (Å²) in [7, 11) is -3.45. The van der Waals surface area contributed by atoms with Crippen LogP contribution in [0.2, 0.25) is 0 Å². The monoisotopic (exact) mass is 416 g/mol. The van der Waals surface area contributed by atoms with Gasteiger partial charge in [0.25, 0.3) is 5.91 Å². The highest BCUT2D eigenvalue weighted by Crippen LogP contribution is 2.28. The Morgan fingerprint density at radius 2 is 1.76 bits per heavy atom. The lowest BCUT2D eigenvalue weighted by Gasteiger charge is -2.16. The molecule has 0 aliphatic carbocycles. The van der Waals surface area contributed by atoms with Crippen LogP contribution in [-0.4, -0.2) is 38.3 Å². The van der Waals surface area contributed by atoms with E-state index < -0.39 is 10.0 Å². The maximum atomic E-state index is 12.6. The molecule has 0 saturated carbocycles. The Balaban J connectivity index is 1.59. The molecule has 3 rings (SSSR count). The molecule has 6 nitrogen and oxygen atoms in total. The predicted molar refractivity (Wildman–Crippen MR) is 114 cm³/mol. The van der Waals surface area contributed by atoms with E-state index in [0.29, 0.717) is 30.4 Å². The number of carbonyl (C=O) groups is 1. The van der Waals surface area contributed by atoms with Crippen molar-refractivity contribution < 1.29 is 17.9 Å². The first-order valence-electron chi connectivity index (χ1n) is 10.0. The van der Waals surface area contributed by atoms with Gasteiger partial charge in [0.15, 0.2) is 6.61 Å². The molecule has 1 aliphatic rings. The highest BCUT2D eigenvalue weighted by Gasteiger charge is 2.26. The third kappa shape index (κ3) is 5.16. The second-order valence-electron chi connectivity index (χ2n) is 7.32. The topological polar surface area (TPSA) is 75.7 Å². The number of hydrogen-bond acceptors (Lipinski definition) is 4. The van der Waals surface area contributed by atoms with E-state index in [9.17, 15) is 13.2 Å². The molecule has 2 aromatic rings. The Morgan fingerprint density at radius 1 is 1.10 bits per heavy atom. The summed E-state index contributed by atoms with van der Waals surface area (Å²) >= 11 is 0. The zero-order chi connectivity index (χ0) is 20.9. The molecule has 7 heteroatoms. The molecule has 2 aromatic carbocycles. The molecular formula is C22H28N2O4S. The van der Waals surface area contributed by atoms with Gasteiger partial charge < -0.3 is 10.1 Å². The molecule has 0 bridgehead atoms. The first-order chi connectivity index (χ1) is 13.9. The van der Waals surface area contributed by atoms with Crippen molar-refractivity contribution in [3.8, 4) is 5.75 Å². The van der Waals surface area contributed by atoms with Crippen LogP contribution >= 0.6 is 0 Å². The number of rotatable bonds is 8. The third-order valence-electron chi connectivity index (χ3n) is 5.26. The summed E-state index contributed by atoms with van der Waals surface area (Å²) in [6.45, 7) is 5.26. The average Bonchev–Trinajstić information content (AvgIpc) is 3.28. The molecule has 1 unspecified atom stereocenters. The largest absolute Gasteiger partial charge is 0.483 e. The quantitative estimate of drug-likeness (QED) is 0.706. The number of benzene rings is 2. The van der Waals surface area contributed by atoms with E-state index in [1.807, 2.05) is 24.3 Å². The van der Waals surface area contributed by atoms with Crippen LogP contribution < -0.4 is 10.1 Å². The summed E-state index contributed by atoms with van der Waals surface area (Å²) < 4.78 is 32.3. The van der Waals surface area contributed by atoms with Crippen LogP contribution in [0.5, 0.6) is 5.75 Å². The summed E-state index contributed by atoms with van der Waals surface area (Å²) in [4.78, 5) is 12.5. The van der Waals surface area contributed by atoms with Gasteiger partial charge in [0.2, 0.25) is 10.0 Å². The van der Waals surface area contributed by atoms with Crippen molar-refractivity contribution >= 4 is 21.6 Å². The predicted octanol–water partition coefficient (Wildman–Crippen LogP) is 4.00. The lowest BCUT2D eigenvalue weighted by molar-refractivity contribution is -0.118.